The minimum atomic E-state index is 0.0471. The van der Waals surface area contributed by atoms with Gasteiger partial charge in [0, 0.05) is 21.6 Å². The van der Waals surface area contributed by atoms with E-state index >= 15 is 0 Å². The Balaban J connectivity index is 2.19. The predicted octanol–water partition coefficient (Wildman–Crippen LogP) is 4.56. The SMILES string of the molecule is CSc1ccc2c(c1)Sc1ccccc1N2C(C)=O. The molecule has 1 heterocycles. The van der Waals surface area contributed by atoms with Crippen LogP contribution in [0.4, 0.5) is 11.4 Å². The van der Waals surface area contributed by atoms with Gasteiger partial charge in [-0.3, -0.25) is 9.69 Å². The highest BCUT2D eigenvalue weighted by atomic mass is 32.2. The van der Waals surface area contributed by atoms with Crippen LogP contribution >= 0.6 is 23.5 Å². The lowest BCUT2D eigenvalue weighted by atomic mass is 10.2. The van der Waals surface area contributed by atoms with Crippen LogP contribution in [0.1, 0.15) is 6.92 Å². The van der Waals surface area contributed by atoms with Crippen LogP contribution in [0.25, 0.3) is 0 Å². The predicted molar refractivity (Wildman–Crippen MR) is 81.6 cm³/mol. The van der Waals surface area contributed by atoms with Crippen molar-refractivity contribution in [3.05, 3.63) is 42.5 Å². The summed E-state index contributed by atoms with van der Waals surface area (Å²) in [5, 5.41) is 0. The Morgan fingerprint density at radius 3 is 2.58 bits per heavy atom. The molecule has 0 saturated heterocycles. The molecule has 0 N–H and O–H groups in total. The van der Waals surface area contributed by atoms with Crippen LogP contribution in [0.2, 0.25) is 0 Å². The summed E-state index contributed by atoms with van der Waals surface area (Å²) < 4.78 is 0. The first-order chi connectivity index (χ1) is 9.20. The molecule has 0 aliphatic carbocycles. The van der Waals surface area contributed by atoms with Gasteiger partial charge in [-0.15, -0.1) is 11.8 Å². The van der Waals surface area contributed by atoms with Crippen molar-refractivity contribution in [2.45, 2.75) is 21.6 Å². The zero-order valence-corrected chi connectivity index (χ0v) is 12.3. The summed E-state index contributed by atoms with van der Waals surface area (Å²) in [6.07, 6.45) is 2.06. The molecule has 19 heavy (non-hydrogen) atoms. The summed E-state index contributed by atoms with van der Waals surface area (Å²) in [7, 11) is 0. The zero-order valence-electron chi connectivity index (χ0n) is 10.7. The molecule has 0 radical (unpaired) electrons. The number of rotatable bonds is 1. The van der Waals surface area contributed by atoms with Crippen molar-refractivity contribution in [2.24, 2.45) is 0 Å². The van der Waals surface area contributed by atoms with E-state index in [1.54, 1.807) is 35.3 Å². The minimum Gasteiger partial charge on any atom is -0.279 e. The van der Waals surface area contributed by atoms with E-state index in [1.165, 1.54) is 4.90 Å². The van der Waals surface area contributed by atoms with Crippen LogP contribution < -0.4 is 4.90 Å². The monoisotopic (exact) mass is 287 g/mol. The number of para-hydroxylation sites is 1. The standard InChI is InChI=1S/C15H13NOS2/c1-10(17)16-12-5-3-4-6-14(12)19-15-9-11(18-2)7-8-13(15)16/h3-9H,1-2H3. The normalized spacial score (nSPS) is 12.8. The van der Waals surface area contributed by atoms with Gasteiger partial charge in [-0.2, -0.15) is 0 Å². The Hall–Kier alpha value is -1.39. The first-order valence-corrected chi connectivity index (χ1v) is 8.00. The number of hydrogen-bond acceptors (Lipinski definition) is 3. The molecular formula is C15H13NOS2. The Morgan fingerprint density at radius 2 is 1.84 bits per heavy atom. The van der Waals surface area contributed by atoms with Crippen LogP contribution in [0.5, 0.6) is 0 Å². The molecular weight excluding hydrogens is 274 g/mol. The lowest BCUT2D eigenvalue weighted by Gasteiger charge is -2.30. The van der Waals surface area contributed by atoms with Gasteiger partial charge in [-0.25, -0.2) is 0 Å². The van der Waals surface area contributed by atoms with Gasteiger partial charge < -0.3 is 0 Å². The molecule has 2 aromatic carbocycles. The zero-order chi connectivity index (χ0) is 13.4. The second-order valence-electron chi connectivity index (χ2n) is 4.26. The number of hydrogen-bond donors (Lipinski definition) is 0. The fraction of sp³-hybridized carbons (Fsp3) is 0.133. The van der Waals surface area contributed by atoms with E-state index in [1.807, 2.05) is 24.3 Å². The number of anilines is 2. The molecule has 4 heteroatoms. The highest BCUT2D eigenvalue weighted by molar-refractivity contribution is 8.00. The molecule has 0 bridgehead atoms. The number of benzene rings is 2. The first-order valence-electron chi connectivity index (χ1n) is 5.96. The van der Waals surface area contributed by atoms with E-state index in [0.717, 1.165) is 21.2 Å². The van der Waals surface area contributed by atoms with Crippen LogP contribution in [0.15, 0.2) is 57.2 Å². The molecule has 0 saturated carbocycles. The molecule has 0 spiro atoms. The van der Waals surface area contributed by atoms with Crippen molar-refractivity contribution in [2.75, 3.05) is 11.2 Å². The maximum atomic E-state index is 12.0. The van der Waals surface area contributed by atoms with E-state index in [0.29, 0.717) is 0 Å². The lowest BCUT2D eigenvalue weighted by molar-refractivity contribution is -0.115. The van der Waals surface area contributed by atoms with Gasteiger partial charge in [0.05, 0.1) is 11.4 Å². The molecule has 1 aliphatic rings. The quantitative estimate of drug-likeness (QED) is 0.717. The van der Waals surface area contributed by atoms with Crippen molar-refractivity contribution in [3.8, 4) is 0 Å². The van der Waals surface area contributed by atoms with Gasteiger partial charge in [0.2, 0.25) is 5.91 Å². The Morgan fingerprint density at radius 1 is 1.11 bits per heavy atom. The Labute approximate surface area is 121 Å². The van der Waals surface area contributed by atoms with Crippen LogP contribution in [-0.4, -0.2) is 12.2 Å². The molecule has 1 aliphatic heterocycles. The molecule has 1 amide bonds. The maximum absolute atomic E-state index is 12.0. The van der Waals surface area contributed by atoms with E-state index in [-0.39, 0.29) is 5.91 Å². The average Bonchev–Trinajstić information content (AvgIpc) is 2.43. The highest BCUT2D eigenvalue weighted by Crippen LogP contribution is 2.48. The summed E-state index contributed by atoms with van der Waals surface area (Å²) in [4.78, 5) is 17.3. The highest BCUT2D eigenvalue weighted by Gasteiger charge is 2.25. The average molecular weight is 287 g/mol. The molecule has 2 nitrogen and oxygen atoms in total. The van der Waals surface area contributed by atoms with Crippen LogP contribution in [-0.2, 0) is 4.79 Å². The largest absolute Gasteiger partial charge is 0.279 e. The van der Waals surface area contributed by atoms with Gasteiger partial charge >= 0.3 is 0 Å². The van der Waals surface area contributed by atoms with Crippen molar-refractivity contribution in [1.82, 2.24) is 0 Å². The summed E-state index contributed by atoms with van der Waals surface area (Å²) >= 11 is 3.44. The smallest absolute Gasteiger partial charge is 0.228 e. The van der Waals surface area contributed by atoms with Crippen molar-refractivity contribution >= 4 is 40.8 Å². The molecule has 3 rings (SSSR count). The van der Waals surface area contributed by atoms with E-state index in [2.05, 4.69) is 24.5 Å². The second-order valence-corrected chi connectivity index (χ2v) is 6.22. The lowest BCUT2D eigenvalue weighted by Crippen LogP contribution is -2.25. The third-order valence-corrected chi connectivity index (χ3v) is 4.89. The third kappa shape index (κ3) is 2.15. The van der Waals surface area contributed by atoms with Crippen molar-refractivity contribution < 1.29 is 4.79 Å². The molecule has 0 unspecified atom stereocenters. The number of nitrogens with zero attached hydrogens (tertiary/aromatic N) is 1. The number of thioether (sulfide) groups is 1. The third-order valence-electron chi connectivity index (χ3n) is 3.05. The summed E-state index contributed by atoms with van der Waals surface area (Å²) in [6, 6.07) is 14.3. The summed E-state index contributed by atoms with van der Waals surface area (Å²) in [5.41, 5.74) is 1.96. The molecule has 0 atom stereocenters. The minimum absolute atomic E-state index is 0.0471. The van der Waals surface area contributed by atoms with Gasteiger partial charge in [0.25, 0.3) is 0 Å². The number of carbonyl (C=O) groups excluding carboxylic acids is 1. The van der Waals surface area contributed by atoms with Gasteiger partial charge in [-0.05, 0) is 36.6 Å². The molecule has 0 aromatic heterocycles. The van der Waals surface area contributed by atoms with Crippen LogP contribution in [0.3, 0.4) is 0 Å². The topological polar surface area (TPSA) is 20.3 Å². The van der Waals surface area contributed by atoms with E-state index < -0.39 is 0 Å². The fourth-order valence-corrected chi connectivity index (χ4v) is 3.82. The molecule has 0 fully saturated rings. The van der Waals surface area contributed by atoms with Crippen molar-refractivity contribution in [1.29, 1.82) is 0 Å². The number of fused-ring (bicyclic) bond motifs is 2. The first kappa shape index (κ1) is 12.6. The summed E-state index contributed by atoms with van der Waals surface area (Å²) in [5.74, 6) is 0.0471. The second kappa shape index (κ2) is 4.94. The fourth-order valence-electron chi connectivity index (χ4n) is 2.20. The maximum Gasteiger partial charge on any atom is 0.228 e. The van der Waals surface area contributed by atoms with E-state index in [9.17, 15) is 4.79 Å². The van der Waals surface area contributed by atoms with Gasteiger partial charge in [0.1, 0.15) is 0 Å². The van der Waals surface area contributed by atoms with Gasteiger partial charge in [-0.1, -0.05) is 23.9 Å². The van der Waals surface area contributed by atoms with E-state index in [4.69, 9.17) is 0 Å². The summed E-state index contributed by atoms with van der Waals surface area (Å²) in [6.45, 7) is 1.61. The molecule has 96 valence electrons. The Bertz CT molecular complexity index is 654. The van der Waals surface area contributed by atoms with Crippen LogP contribution in [0, 0.1) is 0 Å². The number of amides is 1. The Kier molecular flexibility index (Phi) is 3.29. The van der Waals surface area contributed by atoms with Gasteiger partial charge in [0.15, 0.2) is 0 Å². The van der Waals surface area contributed by atoms with Crippen molar-refractivity contribution in [3.63, 3.8) is 0 Å². The number of carbonyl (C=O) groups is 1. The molecule has 2 aromatic rings.